The molecule has 1 heterocycles. The summed E-state index contributed by atoms with van der Waals surface area (Å²) in [5, 5.41) is 0.0789. The van der Waals surface area contributed by atoms with Gasteiger partial charge in [0.15, 0.2) is 0 Å². The summed E-state index contributed by atoms with van der Waals surface area (Å²) in [7, 11) is -3.70. The largest absolute Gasteiger partial charge is 0.399 e. The average molecular weight is 299 g/mol. The van der Waals surface area contributed by atoms with E-state index < -0.39 is 10.0 Å². The molecule has 0 bridgehead atoms. The predicted octanol–water partition coefficient (Wildman–Crippen LogP) is 1.19. The molecule has 3 N–H and O–H groups in total. The molecule has 0 fully saturated rings. The van der Waals surface area contributed by atoms with Crippen LogP contribution in [0.5, 0.6) is 0 Å². The van der Waals surface area contributed by atoms with Crippen molar-refractivity contribution >= 4 is 27.3 Å². The number of nitrogens with two attached hydrogens (primary N) is 1. The van der Waals surface area contributed by atoms with Crippen molar-refractivity contribution in [2.24, 2.45) is 0 Å². The molecule has 19 heavy (non-hydrogen) atoms. The molecule has 0 aliphatic carbocycles. The van der Waals surface area contributed by atoms with E-state index in [2.05, 4.69) is 14.7 Å². The number of hydrogen-bond acceptors (Lipinski definition) is 5. The van der Waals surface area contributed by atoms with Gasteiger partial charge in [-0.3, -0.25) is 0 Å². The normalized spacial score (nSPS) is 11.4. The summed E-state index contributed by atoms with van der Waals surface area (Å²) in [6.07, 6.45) is 2.88. The Morgan fingerprint density at radius 1 is 1.32 bits per heavy atom. The van der Waals surface area contributed by atoms with Crippen molar-refractivity contribution < 1.29 is 8.42 Å². The van der Waals surface area contributed by atoms with E-state index in [9.17, 15) is 8.42 Å². The van der Waals surface area contributed by atoms with E-state index in [0.717, 1.165) is 0 Å². The molecule has 1 aromatic carbocycles. The third-order valence-corrected chi connectivity index (χ3v) is 4.22. The van der Waals surface area contributed by atoms with Gasteiger partial charge in [-0.05, 0) is 24.3 Å². The zero-order chi connectivity index (χ0) is 13.9. The van der Waals surface area contributed by atoms with Gasteiger partial charge in [0.1, 0.15) is 11.2 Å². The van der Waals surface area contributed by atoms with E-state index in [1.54, 1.807) is 6.07 Å². The van der Waals surface area contributed by atoms with Gasteiger partial charge < -0.3 is 5.73 Å². The number of aromatic nitrogens is 2. The number of nitrogen functional groups attached to an aromatic ring is 1. The molecule has 0 aliphatic heterocycles. The van der Waals surface area contributed by atoms with Gasteiger partial charge in [-0.1, -0.05) is 11.6 Å². The van der Waals surface area contributed by atoms with E-state index >= 15 is 0 Å². The van der Waals surface area contributed by atoms with Crippen molar-refractivity contribution in [1.29, 1.82) is 0 Å². The number of rotatable bonds is 4. The highest BCUT2D eigenvalue weighted by Crippen LogP contribution is 2.23. The molecular formula is C11H11ClN4O2S. The minimum absolute atomic E-state index is 0.0163. The van der Waals surface area contributed by atoms with Gasteiger partial charge >= 0.3 is 0 Å². The Bertz CT molecular complexity index is 676. The van der Waals surface area contributed by atoms with Crippen molar-refractivity contribution in [3.05, 3.63) is 47.5 Å². The Kier molecular flexibility index (Phi) is 3.98. The molecular weight excluding hydrogens is 288 g/mol. The van der Waals surface area contributed by atoms with Crippen LogP contribution >= 0.6 is 11.6 Å². The van der Waals surface area contributed by atoms with Crippen molar-refractivity contribution in [3.63, 3.8) is 0 Å². The fourth-order valence-corrected chi connectivity index (χ4v) is 2.95. The molecule has 0 amide bonds. The number of benzene rings is 1. The van der Waals surface area contributed by atoms with Crippen molar-refractivity contribution in [2.45, 2.75) is 11.4 Å². The lowest BCUT2D eigenvalue weighted by Crippen LogP contribution is -2.24. The first-order chi connectivity index (χ1) is 8.99. The van der Waals surface area contributed by atoms with E-state index in [4.69, 9.17) is 17.3 Å². The number of halogens is 1. The fourth-order valence-electron chi connectivity index (χ4n) is 1.40. The minimum atomic E-state index is -3.70. The second kappa shape index (κ2) is 5.52. The number of nitrogens with zero attached hydrogens (tertiary/aromatic N) is 2. The number of nitrogens with one attached hydrogen (secondary N) is 1. The van der Waals surface area contributed by atoms with Gasteiger partial charge in [0.25, 0.3) is 0 Å². The molecule has 1 aromatic heterocycles. The quantitative estimate of drug-likeness (QED) is 0.826. The topological polar surface area (TPSA) is 98.0 Å². The van der Waals surface area contributed by atoms with Gasteiger partial charge in [-0.2, -0.15) is 0 Å². The van der Waals surface area contributed by atoms with Crippen LogP contribution in [0.25, 0.3) is 0 Å². The molecule has 2 rings (SSSR count). The van der Waals surface area contributed by atoms with Crippen LogP contribution in [0.3, 0.4) is 0 Å². The zero-order valence-electron chi connectivity index (χ0n) is 9.75. The Morgan fingerprint density at radius 2 is 2.11 bits per heavy atom. The first kappa shape index (κ1) is 13.7. The summed E-state index contributed by atoms with van der Waals surface area (Å²) < 4.78 is 26.5. The summed E-state index contributed by atoms with van der Waals surface area (Å²) in [5.41, 5.74) is 6.48. The van der Waals surface area contributed by atoms with Crippen molar-refractivity contribution in [2.75, 3.05) is 5.73 Å². The van der Waals surface area contributed by atoms with Crippen LogP contribution in [0.2, 0.25) is 5.02 Å². The van der Waals surface area contributed by atoms with Crippen molar-refractivity contribution in [1.82, 2.24) is 14.7 Å². The van der Waals surface area contributed by atoms with Crippen molar-refractivity contribution in [3.8, 4) is 0 Å². The lowest BCUT2D eigenvalue weighted by atomic mass is 10.3. The molecule has 2 aromatic rings. The Morgan fingerprint density at radius 3 is 2.74 bits per heavy atom. The Hall–Kier alpha value is -1.70. The molecule has 0 atom stereocenters. The third kappa shape index (κ3) is 3.40. The standard InChI is InChI=1S/C11H11ClN4O2S/c12-10-5-8(13)1-2-11(10)19(17,18)16-6-9-3-4-14-7-15-9/h1-5,7,16H,6,13H2. The molecule has 0 aliphatic rings. The van der Waals surface area contributed by atoms with Crippen LogP contribution in [0.4, 0.5) is 5.69 Å². The molecule has 0 saturated carbocycles. The predicted molar refractivity (Wildman–Crippen MR) is 71.9 cm³/mol. The molecule has 0 spiro atoms. The Balaban J connectivity index is 2.19. The highest BCUT2D eigenvalue weighted by molar-refractivity contribution is 7.89. The van der Waals surface area contributed by atoms with E-state index in [0.29, 0.717) is 11.4 Å². The highest BCUT2D eigenvalue weighted by Gasteiger charge is 2.17. The first-order valence-electron chi connectivity index (χ1n) is 5.28. The third-order valence-electron chi connectivity index (χ3n) is 2.33. The number of anilines is 1. The molecule has 0 radical (unpaired) electrons. The smallest absolute Gasteiger partial charge is 0.242 e. The second-order valence-corrected chi connectivity index (χ2v) is 5.86. The van der Waals surface area contributed by atoms with Gasteiger partial charge in [-0.25, -0.2) is 23.1 Å². The van der Waals surface area contributed by atoms with Gasteiger partial charge in [0.05, 0.1) is 17.3 Å². The summed E-state index contributed by atoms with van der Waals surface area (Å²) in [6.45, 7) is 0.0611. The molecule has 0 unspecified atom stereocenters. The van der Waals surface area contributed by atoms with Gasteiger partial charge in [-0.15, -0.1) is 0 Å². The second-order valence-electron chi connectivity index (χ2n) is 3.72. The lowest BCUT2D eigenvalue weighted by Gasteiger charge is -2.08. The minimum Gasteiger partial charge on any atom is -0.399 e. The molecule has 8 heteroatoms. The monoisotopic (exact) mass is 298 g/mol. The van der Waals surface area contributed by atoms with E-state index in [1.165, 1.54) is 30.7 Å². The summed E-state index contributed by atoms with van der Waals surface area (Å²) in [4.78, 5) is 7.65. The van der Waals surface area contributed by atoms with Crippen LogP contribution in [-0.2, 0) is 16.6 Å². The van der Waals surface area contributed by atoms with Gasteiger partial charge in [0, 0.05) is 11.9 Å². The SMILES string of the molecule is Nc1ccc(S(=O)(=O)NCc2ccncn2)c(Cl)c1. The van der Waals surface area contributed by atoms with Crippen LogP contribution in [0.15, 0.2) is 41.7 Å². The maximum absolute atomic E-state index is 12.1. The van der Waals surface area contributed by atoms with Gasteiger partial charge in [0.2, 0.25) is 10.0 Å². The molecule has 100 valence electrons. The number of hydrogen-bond donors (Lipinski definition) is 2. The van der Waals surface area contributed by atoms with Crippen LogP contribution in [0.1, 0.15) is 5.69 Å². The maximum atomic E-state index is 12.1. The summed E-state index contributed by atoms with van der Waals surface area (Å²) in [6, 6.07) is 5.85. The summed E-state index contributed by atoms with van der Waals surface area (Å²) >= 11 is 5.87. The maximum Gasteiger partial charge on any atom is 0.242 e. The van der Waals surface area contributed by atoms with E-state index in [-0.39, 0.29) is 16.5 Å². The molecule has 0 saturated heterocycles. The summed E-state index contributed by atoms with van der Waals surface area (Å²) in [5.74, 6) is 0. The highest BCUT2D eigenvalue weighted by atomic mass is 35.5. The fraction of sp³-hybridized carbons (Fsp3) is 0.0909. The zero-order valence-corrected chi connectivity index (χ0v) is 11.3. The first-order valence-corrected chi connectivity index (χ1v) is 7.15. The Labute approximate surface area is 115 Å². The van der Waals surface area contributed by atoms with Crippen LogP contribution < -0.4 is 10.5 Å². The molecule has 6 nitrogen and oxygen atoms in total. The lowest BCUT2D eigenvalue weighted by molar-refractivity contribution is 0.580. The van der Waals surface area contributed by atoms with Crippen LogP contribution in [0, 0.1) is 0 Å². The van der Waals surface area contributed by atoms with E-state index in [1.807, 2.05) is 0 Å². The average Bonchev–Trinajstić information content (AvgIpc) is 2.37. The number of sulfonamides is 1. The van der Waals surface area contributed by atoms with Crippen LogP contribution in [-0.4, -0.2) is 18.4 Å².